The van der Waals surface area contributed by atoms with Crippen LogP contribution >= 0.6 is 0 Å². The number of ketones is 3. The Morgan fingerprint density at radius 2 is 1.52 bits per heavy atom. The number of rotatable bonds is 2. The Bertz CT molecular complexity index is 1190. The van der Waals surface area contributed by atoms with Crippen LogP contribution in [0.2, 0.25) is 0 Å². The van der Waals surface area contributed by atoms with Gasteiger partial charge in [-0.25, -0.2) is 0 Å². The van der Waals surface area contributed by atoms with Crippen LogP contribution in [0, 0.1) is 5.92 Å². The summed E-state index contributed by atoms with van der Waals surface area (Å²) in [5.74, 6) is -0.864. The number of hydrogen-bond donors (Lipinski definition) is 3. The highest BCUT2D eigenvalue weighted by atomic mass is 16.7. The third-order valence-electron chi connectivity index (χ3n) is 6.69. The van der Waals surface area contributed by atoms with Crippen molar-refractivity contribution in [3.63, 3.8) is 0 Å². The van der Waals surface area contributed by atoms with E-state index < -0.39 is 42.3 Å². The second-order valence-electron chi connectivity index (χ2n) is 9.10. The van der Waals surface area contributed by atoms with Gasteiger partial charge in [0.05, 0.1) is 11.7 Å². The van der Waals surface area contributed by atoms with Crippen molar-refractivity contribution in [2.24, 2.45) is 5.92 Å². The molecule has 3 aliphatic rings. The molecule has 6 atom stereocenters. The molecule has 172 valence electrons. The molecular weight excluding hydrogens is 428 g/mol. The molecule has 5 rings (SSSR count). The smallest absolute Gasteiger partial charge is 0.229 e. The molecule has 0 aromatic heterocycles. The highest BCUT2D eigenvalue weighted by Crippen LogP contribution is 2.39. The molecule has 0 radical (unpaired) electrons. The molecule has 3 N–H and O–H groups in total. The van der Waals surface area contributed by atoms with Crippen LogP contribution in [0.5, 0.6) is 5.75 Å². The molecule has 1 aliphatic heterocycles. The predicted molar refractivity (Wildman–Crippen MR) is 115 cm³/mol. The molecule has 8 heteroatoms. The third-order valence-corrected chi connectivity index (χ3v) is 6.69. The quantitative estimate of drug-likeness (QED) is 0.532. The van der Waals surface area contributed by atoms with Crippen LogP contribution in [0.3, 0.4) is 0 Å². The zero-order valence-electron chi connectivity index (χ0n) is 18.1. The van der Waals surface area contributed by atoms with Gasteiger partial charge in [-0.15, -0.1) is 0 Å². The molecule has 1 saturated heterocycles. The number of aliphatic hydroxyl groups is 3. The van der Waals surface area contributed by atoms with E-state index in [1.54, 1.807) is 12.1 Å². The normalized spacial score (nSPS) is 31.0. The van der Waals surface area contributed by atoms with Gasteiger partial charge in [0.2, 0.25) is 6.29 Å². The molecule has 1 unspecified atom stereocenters. The summed E-state index contributed by atoms with van der Waals surface area (Å²) >= 11 is 0. The lowest BCUT2D eigenvalue weighted by atomic mass is 9.74. The maximum Gasteiger partial charge on any atom is 0.229 e. The van der Waals surface area contributed by atoms with Crippen molar-refractivity contribution in [1.82, 2.24) is 0 Å². The summed E-state index contributed by atoms with van der Waals surface area (Å²) in [5, 5.41) is 30.3. The third kappa shape index (κ3) is 3.33. The van der Waals surface area contributed by atoms with Crippen molar-refractivity contribution in [2.45, 2.75) is 57.4 Å². The van der Waals surface area contributed by atoms with Crippen molar-refractivity contribution in [3.8, 4) is 5.75 Å². The first-order valence-corrected chi connectivity index (χ1v) is 11.0. The lowest BCUT2D eigenvalue weighted by Gasteiger charge is -2.39. The summed E-state index contributed by atoms with van der Waals surface area (Å²) in [6, 6.07) is 7.81. The zero-order valence-corrected chi connectivity index (χ0v) is 18.1. The fourth-order valence-corrected chi connectivity index (χ4v) is 4.98. The summed E-state index contributed by atoms with van der Waals surface area (Å²) in [4.78, 5) is 39.8. The molecule has 1 fully saturated rings. The first-order valence-electron chi connectivity index (χ1n) is 11.0. The van der Waals surface area contributed by atoms with Gasteiger partial charge in [-0.2, -0.15) is 0 Å². The van der Waals surface area contributed by atoms with Crippen LogP contribution in [0.4, 0.5) is 0 Å². The van der Waals surface area contributed by atoms with E-state index in [1.807, 2.05) is 6.92 Å². The highest BCUT2D eigenvalue weighted by molar-refractivity contribution is 6.32. The summed E-state index contributed by atoms with van der Waals surface area (Å²) in [6.45, 7) is 3.49. The minimum absolute atomic E-state index is 0.00834. The van der Waals surface area contributed by atoms with Crippen LogP contribution in [-0.2, 0) is 11.2 Å². The highest BCUT2D eigenvalue weighted by Gasteiger charge is 2.44. The summed E-state index contributed by atoms with van der Waals surface area (Å²) < 4.78 is 11.2. The topological polar surface area (TPSA) is 130 Å². The van der Waals surface area contributed by atoms with Gasteiger partial charge in [-0.1, -0.05) is 25.1 Å². The number of carbonyl (C=O) groups excluding carboxylic acids is 3. The Kier molecular flexibility index (Phi) is 5.21. The van der Waals surface area contributed by atoms with Gasteiger partial charge in [0.15, 0.2) is 17.3 Å². The van der Waals surface area contributed by atoms with E-state index in [-0.39, 0.29) is 39.7 Å². The monoisotopic (exact) mass is 452 g/mol. The standard InChI is InChI=1S/C25H24O8/c1-10-8-12-6-7-14-19(17(12)15(26)9-10)22(29)13-4-3-5-16(18(13)21(14)28)33-25-24(31)23(30)20(27)11(2)32-25/h3-7,10-11,20,23-25,27,30-31H,8-9H2,1-2H3/t10?,11-,20-,23+,24+,25-/m0/s1. The average Bonchev–Trinajstić information content (AvgIpc) is 2.78. The number of Topliss-reactive ketones (excluding diaryl/α,β-unsaturated/α-hetero) is 1. The first-order chi connectivity index (χ1) is 15.7. The van der Waals surface area contributed by atoms with E-state index >= 15 is 0 Å². The molecule has 33 heavy (non-hydrogen) atoms. The van der Waals surface area contributed by atoms with Gasteiger partial charge < -0.3 is 24.8 Å². The lowest BCUT2D eigenvalue weighted by molar-refractivity contribution is -0.268. The number of hydrogen-bond acceptors (Lipinski definition) is 8. The lowest BCUT2D eigenvalue weighted by Crippen LogP contribution is -2.58. The second-order valence-corrected chi connectivity index (χ2v) is 9.10. The molecule has 2 aliphatic carbocycles. The van der Waals surface area contributed by atoms with E-state index in [4.69, 9.17) is 9.47 Å². The Balaban J connectivity index is 1.57. The molecule has 8 nitrogen and oxygen atoms in total. The maximum absolute atomic E-state index is 13.5. The molecule has 0 spiro atoms. The number of aliphatic hydroxyl groups excluding tert-OH is 3. The van der Waals surface area contributed by atoms with Gasteiger partial charge in [0.25, 0.3) is 0 Å². The summed E-state index contributed by atoms with van der Waals surface area (Å²) in [7, 11) is 0. The van der Waals surface area contributed by atoms with Crippen molar-refractivity contribution < 1.29 is 39.2 Å². The zero-order chi connectivity index (χ0) is 23.6. The van der Waals surface area contributed by atoms with E-state index in [0.717, 1.165) is 5.56 Å². The van der Waals surface area contributed by atoms with E-state index in [0.29, 0.717) is 18.4 Å². The Labute approximate surface area is 189 Å². The summed E-state index contributed by atoms with van der Waals surface area (Å²) in [6.07, 6.45) is -5.58. The number of benzene rings is 2. The predicted octanol–water partition coefficient (Wildman–Crippen LogP) is 1.43. The second kappa shape index (κ2) is 7.85. The van der Waals surface area contributed by atoms with Crippen LogP contribution in [0.15, 0.2) is 30.3 Å². The molecule has 1 heterocycles. The van der Waals surface area contributed by atoms with Crippen molar-refractivity contribution in [3.05, 3.63) is 63.7 Å². The molecule has 0 saturated carbocycles. The van der Waals surface area contributed by atoms with E-state index in [1.165, 1.54) is 25.1 Å². The number of ether oxygens (including phenoxy) is 2. The van der Waals surface area contributed by atoms with Crippen molar-refractivity contribution >= 4 is 17.3 Å². The van der Waals surface area contributed by atoms with Gasteiger partial charge in [0.1, 0.15) is 24.1 Å². The van der Waals surface area contributed by atoms with E-state index in [2.05, 4.69) is 0 Å². The Morgan fingerprint density at radius 3 is 2.27 bits per heavy atom. The minimum Gasteiger partial charge on any atom is -0.461 e. The van der Waals surface area contributed by atoms with Crippen molar-refractivity contribution in [1.29, 1.82) is 0 Å². The van der Waals surface area contributed by atoms with Crippen LogP contribution in [-0.4, -0.2) is 63.4 Å². The van der Waals surface area contributed by atoms with Crippen LogP contribution in [0.25, 0.3) is 0 Å². The average molecular weight is 452 g/mol. The van der Waals surface area contributed by atoms with Gasteiger partial charge in [-0.3, -0.25) is 14.4 Å². The maximum atomic E-state index is 13.5. The van der Waals surface area contributed by atoms with Crippen molar-refractivity contribution in [2.75, 3.05) is 0 Å². The van der Waals surface area contributed by atoms with Crippen LogP contribution in [0.1, 0.15) is 68.0 Å². The van der Waals surface area contributed by atoms with Gasteiger partial charge in [-0.05, 0) is 37.0 Å². The fraction of sp³-hybridized carbons (Fsp3) is 0.400. The molecule has 2 aromatic rings. The number of fused-ring (bicyclic) bond motifs is 4. The number of carbonyl (C=O) groups is 3. The fourth-order valence-electron chi connectivity index (χ4n) is 4.98. The SMILES string of the molecule is CC1CC(=O)c2c(ccc3c2C(=O)c2cccc(O[C@@H]4O[C@@H](C)[C@H](O)[C@@H](O)[C@H]4O)c2C3=O)C1. The van der Waals surface area contributed by atoms with Gasteiger partial charge in [0, 0.05) is 28.7 Å². The molecule has 0 bridgehead atoms. The molecule has 2 aromatic carbocycles. The Hall–Kier alpha value is -2.91. The van der Waals surface area contributed by atoms with E-state index in [9.17, 15) is 29.7 Å². The molecule has 0 amide bonds. The molecular formula is C25H24O8. The van der Waals surface area contributed by atoms with Crippen LogP contribution < -0.4 is 4.74 Å². The largest absolute Gasteiger partial charge is 0.461 e. The minimum atomic E-state index is -1.57. The summed E-state index contributed by atoms with van der Waals surface area (Å²) in [5.41, 5.74) is 1.49. The Morgan fingerprint density at radius 1 is 0.818 bits per heavy atom. The first kappa shape index (κ1) is 21.9. The van der Waals surface area contributed by atoms with Gasteiger partial charge >= 0.3 is 0 Å².